The minimum Gasteiger partial charge on any atom is -0.443 e. The average molecular weight is 326 g/mol. The summed E-state index contributed by atoms with van der Waals surface area (Å²) in [5.41, 5.74) is 0.299. The Bertz CT molecular complexity index is 816. The summed E-state index contributed by atoms with van der Waals surface area (Å²) in [6.45, 7) is 7.45. The molecule has 0 aliphatic heterocycles. The second-order valence-corrected chi connectivity index (χ2v) is 6.52. The summed E-state index contributed by atoms with van der Waals surface area (Å²) in [5.74, 6) is 5.24. The number of ketones is 1. The van der Waals surface area contributed by atoms with Crippen molar-refractivity contribution < 1.29 is 14.3 Å². The van der Waals surface area contributed by atoms with Crippen LogP contribution in [0, 0.1) is 11.8 Å². The second kappa shape index (κ2) is 7.31. The lowest BCUT2D eigenvalue weighted by Crippen LogP contribution is -2.26. The van der Waals surface area contributed by atoms with Crippen LogP contribution in [0.15, 0.2) is 24.7 Å². The topological polar surface area (TPSA) is 61.2 Å². The van der Waals surface area contributed by atoms with Crippen LogP contribution in [0.4, 0.5) is 4.79 Å². The molecule has 0 N–H and O–H groups in total. The van der Waals surface area contributed by atoms with E-state index >= 15 is 0 Å². The third-order valence-electron chi connectivity index (χ3n) is 3.30. The number of nitrogens with zero attached hydrogens (tertiary/aromatic N) is 2. The number of ether oxygens (including phenoxy) is 1. The van der Waals surface area contributed by atoms with E-state index in [1.54, 1.807) is 39.2 Å². The Balaban J connectivity index is 2.40. The van der Waals surface area contributed by atoms with Crippen LogP contribution in [-0.4, -0.2) is 27.0 Å². The number of aromatic nitrogens is 2. The molecule has 2 heterocycles. The molecule has 0 aliphatic rings. The highest BCUT2D eigenvalue weighted by molar-refractivity contribution is 6.17. The minimum atomic E-state index is -0.625. The van der Waals surface area contributed by atoms with Gasteiger partial charge in [-0.25, -0.2) is 4.79 Å². The molecule has 0 atom stereocenters. The number of fused-ring (bicyclic) bond motifs is 1. The molecule has 0 unspecified atom stereocenters. The van der Waals surface area contributed by atoms with Gasteiger partial charge in [0.1, 0.15) is 5.60 Å². The summed E-state index contributed by atoms with van der Waals surface area (Å²) in [5, 5.41) is 0.644. The first kappa shape index (κ1) is 17.7. The number of unbranched alkanes of at least 4 members (excludes halogenated alkanes) is 2. The minimum absolute atomic E-state index is 0.301. The van der Waals surface area contributed by atoms with E-state index in [1.165, 1.54) is 10.8 Å². The van der Waals surface area contributed by atoms with Gasteiger partial charge in [0.05, 0.1) is 17.3 Å². The van der Waals surface area contributed by atoms with Crippen molar-refractivity contribution in [2.24, 2.45) is 0 Å². The van der Waals surface area contributed by atoms with E-state index < -0.39 is 11.7 Å². The molecule has 0 spiro atoms. The largest absolute Gasteiger partial charge is 0.443 e. The Labute approximate surface area is 142 Å². The van der Waals surface area contributed by atoms with E-state index in [9.17, 15) is 9.59 Å². The van der Waals surface area contributed by atoms with Gasteiger partial charge in [0, 0.05) is 24.2 Å². The zero-order valence-corrected chi connectivity index (χ0v) is 14.5. The smallest absolute Gasteiger partial charge is 0.419 e. The van der Waals surface area contributed by atoms with Crippen LogP contribution in [0.1, 0.15) is 57.3 Å². The molecule has 0 radical (unpaired) electrons. The highest BCUT2D eigenvalue weighted by atomic mass is 16.6. The standard InChI is InChI=1S/C19H22N2O3/c1-5-6-7-8-9-17(22)15-13-21(18(23)24-19(2,3)4)16-12-20-11-10-14(15)16/h10-13H,5-7H2,1-4H3. The number of rotatable bonds is 3. The SMILES string of the molecule is CCCCC#CC(=O)c1cn(C(=O)OC(C)(C)C)c2cnccc12. The molecule has 0 amide bonds. The summed E-state index contributed by atoms with van der Waals surface area (Å²) in [7, 11) is 0. The highest BCUT2D eigenvalue weighted by Gasteiger charge is 2.22. The zero-order valence-electron chi connectivity index (χ0n) is 14.5. The van der Waals surface area contributed by atoms with Crippen molar-refractivity contribution >= 4 is 22.8 Å². The van der Waals surface area contributed by atoms with Gasteiger partial charge in [-0.05, 0) is 39.2 Å². The first-order valence-electron chi connectivity index (χ1n) is 8.05. The lowest BCUT2D eigenvalue weighted by atomic mass is 10.1. The molecule has 5 heteroatoms. The monoisotopic (exact) mass is 326 g/mol. The average Bonchev–Trinajstić information content (AvgIpc) is 2.89. The molecule has 2 aromatic rings. The number of hydrogen-bond acceptors (Lipinski definition) is 4. The molecule has 2 aromatic heterocycles. The van der Waals surface area contributed by atoms with Crippen LogP contribution in [0.25, 0.3) is 10.9 Å². The van der Waals surface area contributed by atoms with Gasteiger partial charge in [0.15, 0.2) is 0 Å². The summed E-state index contributed by atoms with van der Waals surface area (Å²) < 4.78 is 6.70. The van der Waals surface area contributed by atoms with Crippen molar-refractivity contribution in [3.63, 3.8) is 0 Å². The van der Waals surface area contributed by atoms with Gasteiger partial charge < -0.3 is 4.74 Å². The molecule has 5 nitrogen and oxygen atoms in total. The number of Topliss-reactive ketones (excluding diaryl/α,β-unsaturated/α-hetero) is 1. The molecule has 0 bridgehead atoms. The van der Waals surface area contributed by atoms with Gasteiger partial charge >= 0.3 is 6.09 Å². The maximum absolute atomic E-state index is 12.4. The van der Waals surface area contributed by atoms with Gasteiger partial charge in [-0.3, -0.25) is 14.3 Å². The van der Waals surface area contributed by atoms with E-state index in [-0.39, 0.29) is 5.78 Å². The Morgan fingerprint density at radius 2 is 2.08 bits per heavy atom. The molecule has 0 saturated carbocycles. The van der Waals surface area contributed by atoms with Crippen LogP contribution in [0.3, 0.4) is 0 Å². The quantitative estimate of drug-likeness (QED) is 0.367. The van der Waals surface area contributed by atoms with Crippen molar-refractivity contribution in [3.05, 3.63) is 30.2 Å². The van der Waals surface area contributed by atoms with Gasteiger partial charge in [-0.1, -0.05) is 19.3 Å². The van der Waals surface area contributed by atoms with Gasteiger partial charge in [0.2, 0.25) is 5.78 Å². The number of carbonyl (C=O) groups is 2. The molecule has 0 fully saturated rings. The molecule has 2 rings (SSSR count). The van der Waals surface area contributed by atoms with Gasteiger partial charge in [0.25, 0.3) is 0 Å². The number of carbonyl (C=O) groups excluding carboxylic acids is 2. The van der Waals surface area contributed by atoms with E-state index in [2.05, 4.69) is 23.7 Å². The van der Waals surface area contributed by atoms with Crippen molar-refractivity contribution in [1.29, 1.82) is 0 Å². The fraction of sp³-hybridized carbons (Fsp3) is 0.421. The van der Waals surface area contributed by atoms with Crippen LogP contribution in [-0.2, 0) is 4.74 Å². The van der Waals surface area contributed by atoms with E-state index in [1.807, 2.05) is 0 Å². The zero-order chi connectivity index (χ0) is 17.7. The Morgan fingerprint density at radius 1 is 1.33 bits per heavy atom. The lowest BCUT2D eigenvalue weighted by Gasteiger charge is -2.19. The fourth-order valence-corrected chi connectivity index (χ4v) is 2.19. The first-order valence-corrected chi connectivity index (χ1v) is 8.05. The third-order valence-corrected chi connectivity index (χ3v) is 3.30. The second-order valence-electron chi connectivity index (χ2n) is 6.52. The predicted octanol–water partition coefficient (Wildman–Crippen LogP) is 4.20. The molecule has 0 saturated heterocycles. The van der Waals surface area contributed by atoms with Crippen LogP contribution < -0.4 is 0 Å². The number of pyridine rings is 1. The van der Waals surface area contributed by atoms with Crippen LogP contribution >= 0.6 is 0 Å². The molecule has 24 heavy (non-hydrogen) atoms. The van der Waals surface area contributed by atoms with E-state index in [0.29, 0.717) is 22.9 Å². The Morgan fingerprint density at radius 3 is 2.75 bits per heavy atom. The maximum Gasteiger partial charge on any atom is 0.419 e. The lowest BCUT2D eigenvalue weighted by molar-refractivity contribution is 0.0544. The van der Waals surface area contributed by atoms with Gasteiger partial charge in [-0.2, -0.15) is 0 Å². The Kier molecular flexibility index (Phi) is 5.40. The van der Waals surface area contributed by atoms with Crippen LogP contribution in [0.2, 0.25) is 0 Å². The summed E-state index contributed by atoms with van der Waals surface area (Å²) in [6.07, 6.45) is 6.75. The number of hydrogen-bond donors (Lipinski definition) is 0. The van der Waals surface area contributed by atoms with Crippen molar-refractivity contribution in [1.82, 2.24) is 9.55 Å². The van der Waals surface area contributed by atoms with E-state index in [0.717, 1.165) is 12.8 Å². The van der Waals surface area contributed by atoms with Crippen molar-refractivity contribution in [2.45, 2.75) is 52.6 Å². The first-order chi connectivity index (χ1) is 11.3. The predicted molar refractivity (Wildman–Crippen MR) is 93.0 cm³/mol. The van der Waals surface area contributed by atoms with Gasteiger partial charge in [-0.15, -0.1) is 0 Å². The molecule has 126 valence electrons. The van der Waals surface area contributed by atoms with E-state index in [4.69, 9.17) is 4.74 Å². The molecular formula is C19H22N2O3. The molecular weight excluding hydrogens is 304 g/mol. The van der Waals surface area contributed by atoms with Crippen LogP contribution in [0.5, 0.6) is 0 Å². The highest BCUT2D eigenvalue weighted by Crippen LogP contribution is 2.22. The third kappa shape index (κ3) is 4.23. The summed E-state index contributed by atoms with van der Waals surface area (Å²) >= 11 is 0. The summed E-state index contributed by atoms with van der Waals surface area (Å²) in [4.78, 5) is 28.8. The molecule has 0 aromatic carbocycles. The maximum atomic E-state index is 12.4. The summed E-state index contributed by atoms with van der Waals surface area (Å²) in [6, 6.07) is 1.71. The normalized spacial score (nSPS) is 11.0. The Hall–Kier alpha value is -2.61. The van der Waals surface area contributed by atoms with Crippen molar-refractivity contribution in [2.75, 3.05) is 0 Å². The fourth-order valence-electron chi connectivity index (χ4n) is 2.19. The van der Waals surface area contributed by atoms with Crippen molar-refractivity contribution in [3.8, 4) is 11.8 Å². The molecule has 0 aliphatic carbocycles.